The van der Waals surface area contributed by atoms with Crippen LogP contribution in [0.5, 0.6) is 11.5 Å². The quantitative estimate of drug-likeness (QED) is 0.674. The van der Waals surface area contributed by atoms with E-state index in [-0.39, 0.29) is 0 Å². The third kappa shape index (κ3) is 3.63. The van der Waals surface area contributed by atoms with Crippen LogP contribution in [-0.2, 0) is 13.6 Å². The molecular formula is C21H24N6O2. The van der Waals surface area contributed by atoms with Crippen LogP contribution in [0.4, 0.5) is 5.95 Å². The molecule has 2 aromatic heterocycles. The summed E-state index contributed by atoms with van der Waals surface area (Å²) in [5.41, 5.74) is 4.19. The number of anilines is 1. The zero-order valence-electron chi connectivity index (χ0n) is 16.7. The Morgan fingerprint density at radius 3 is 2.66 bits per heavy atom. The molecular weight excluding hydrogens is 368 g/mol. The Labute approximate surface area is 169 Å². The van der Waals surface area contributed by atoms with Crippen LogP contribution in [-0.4, -0.2) is 57.6 Å². The lowest BCUT2D eigenvalue weighted by Gasteiger charge is -2.34. The number of hydrogen-bond donors (Lipinski definition) is 0. The molecule has 0 unspecified atom stereocenters. The van der Waals surface area contributed by atoms with Crippen LogP contribution in [0.3, 0.4) is 0 Å². The van der Waals surface area contributed by atoms with E-state index < -0.39 is 0 Å². The maximum Gasteiger partial charge on any atom is 0.231 e. The first-order chi connectivity index (χ1) is 14.2. The van der Waals surface area contributed by atoms with Crippen molar-refractivity contribution >= 4 is 5.95 Å². The fraction of sp³-hybridized carbons (Fsp3) is 0.381. The van der Waals surface area contributed by atoms with Crippen molar-refractivity contribution in [3.8, 4) is 22.8 Å². The predicted octanol–water partition coefficient (Wildman–Crippen LogP) is 2.24. The lowest BCUT2D eigenvalue weighted by Crippen LogP contribution is -2.46. The molecule has 1 saturated heterocycles. The molecule has 0 aliphatic carbocycles. The number of benzene rings is 1. The third-order valence-electron chi connectivity index (χ3n) is 5.43. The van der Waals surface area contributed by atoms with Gasteiger partial charge in [0.1, 0.15) is 0 Å². The Kier molecular flexibility index (Phi) is 4.55. The van der Waals surface area contributed by atoms with Gasteiger partial charge in [-0.1, -0.05) is 6.07 Å². The van der Waals surface area contributed by atoms with Crippen molar-refractivity contribution in [3.05, 3.63) is 47.9 Å². The Morgan fingerprint density at radius 1 is 1.03 bits per heavy atom. The number of piperazine rings is 1. The number of aromatic nitrogens is 4. The predicted molar refractivity (Wildman–Crippen MR) is 109 cm³/mol. The highest BCUT2D eigenvalue weighted by Gasteiger charge is 2.21. The number of ether oxygens (including phenoxy) is 2. The second-order valence-electron chi connectivity index (χ2n) is 7.49. The van der Waals surface area contributed by atoms with Gasteiger partial charge in [0.05, 0.1) is 11.4 Å². The molecule has 0 N–H and O–H groups in total. The van der Waals surface area contributed by atoms with Crippen molar-refractivity contribution in [1.82, 2.24) is 24.6 Å². The Balaban J connectivity index is 1.24. The minimum atomic E-state index is 0.315. The minimum absolute atomic E-state index is 0.315. The van der Waals surface area contributed by atoms with Crippen molar-refractivity contribution in [3.63, 3.8) is 0 Å². The zero-order valence-corrected chi connectivity index (χ0v) is 16.7. The lowest BCUT2D eigenvalue weighted by atomic mass is 10.1. The summed E-state index contributed by atoms with van der Waals surface area (Å²) < 4.78 is 12.7. The highest BCUT2D eigenvalue weighted by atomic mass is 16.7. The van der Waals surface area contributed by atoms with Gasteiger partial charge < -0.3 is 14.4 Å². The van der Waals surface area contributed by atoms with Crippen molar-refractivity contribution in [2.24, 2.45) is 7.05 Å². The highest BCUT2D eigenvalue weighted by Crippen LogP contribution is 2.33. The van der Waals surface area contributed by atoms with Crippen LogP contribution < -0.4 is 14.4 Å². The molecule has 3 aromatic rings. The summed E-state index contributed by atoms with van der Waals surface area (Å²) in [4.78, 5) is 14.0. The fourth-order valence-electron chi connectivity index (χ4n) is 3.91. The van der Waals surface area contributed by atoms with Gasteiger partial charge in [0.15, 0.2) is 11.5 Å². The van der Waals surface area contributed by atoms with Crippen LogP contribution >= 0.6 is 0 Å². The number of rotatable bonds is 4. The normalized spacial score (nSPS) is 16.4. The van der Waals surface area contributed by atoms with Gasteiger partial charge in [-0.2, -0.15) is 5.10 Å². The summed E-state index contributed by atoms with van der Waals surface area (Å²) in [5.74, 6) is 2.46. The van der Waals surface area contributed by atoms with Gasteiger partial charge in [0.2, 0.25) is 12.7 Å². The topological polar surface area (TPSA) is 68.5 Å². The molecule has 0 radical (unpaired) electrons. The maximum atomic E-state index is 5.49. The SMILES string of the molecule is Cc1nn(C)cc1-c1ccnc(N2CCN(Cc3ccc4c(c3)OCO4)CC2)n1. The molecule has 29 heavy (non-hydrogen) atoms. The van der Waals surface area contributed by atoms with E-state index in [0.717, 1.165) is 67.1 Å². The van der Waals surface area contributed by atoms with Gasteiger partial charge in [0.25, 0.3) is 0 Å². The van der Waals surface area contributed by atoms with Crippen LogP contribution in [0, 0.1) is 6.92 Å². The molecule has 0 amide bonds. The summed E-state index contributed by atoms with van der Waals surface area (Å²) in [5, 5.41) is 4.42. The summed E-state index contributed by atoms with van der Waals surface area (Å²) in [6, 6.07) is 8.14. The van der Waals surface area contributed by atoms with E-state index in [4.69, 9.17) is 14.5 Å². The average Bonchev–Trinajstić information content (AvgIpc) is 3.34. The van der Waals surface area contributed by atoms with E-state index >= 15 is 0 Å². The van der Waals surface area contributed by atoms with Gasteiger partial charge in [-0.05, 0) is 30.7 Å². The largest absolute Gasteiger partial charge is 0.454 e. The maximum absolute atomic E-state index is 5.49. The molecule has 8 nitrogen and oxygen atoms in total. The van der Waals surface area contributed by atoms with Crippen LogP contribution in [0.15, 0.2) is 36.7 Å². The molecule has 2 aliphatic rings. The van der Waals surface area contributed by atoms with Crippen LogP contribution in [0.1, 0.15) is 11.3 Å². The van der Waals surface area contributed by atoms with Gasteiger partial charge in [0, 0.05) is 57.7 Å². The summed E-state index contributed by atoms with van der Waals surface area (Å²) in [7, 11) is 1.93. The van der Waals surface area contributed by atoms with Crippen molar-refractivity contribution in [1.29, 1.82) is 0 Å². The molecule has 0 atom stereocenters. The number of fused-ring (bicyclic) bond motifs is 1. The molecule has 0 bridgehead atoms. The molecule has 1 aromatic carbocycles. The van der Waals surface area contributed by atoms with Gasteiger partial charge in [-0.3, -0.25) is 9.58 Å². The van der Waals surface area contributed by atoms with Gasteiger partial charge in [-0.15, -0.1) is 0 Å². The van der Waals surface area contributed by atoms with E-state index in [2.05, 4.69) is 32.0 Å². The zero-order chi connectivity index (χ0) is 19.8. The number of aryl methyl sites for hydroxylation is 2. The van der Waals surface area contributed by atoms with Crippen molar-refractivity contribution in [2.45, 2.75) is 13.5 Å². The molecule has 4 heterocycles. The minimum Gasteiger partial charge on any atom is -0.454 e. The first-order valence-electron chi connectivity index (χ1n) is 9.85. The highest BCUT2D eigenvalue weighted by molar-refractivity contribution is 5.61. The van der Waals surface area contributed by atoms with Crippen molar-refractivity contribution in [2.75, 3.05) is 37.9 Å². The Morgan fingerprint density at radius 2 is 1.86 bits per heavy atom. The first kappa shape index (κ1) is 17.9. The summed E-state index contributed by atoms with van der Waals surface area (Å²) >= 11 is 0. The number of hydrogen-bond acceptors (Lipinski definition) is 7. The van der Waals surface area contributed by atoms with Gasteiger partial charge >= 0.3 is 0 Å². The molecule has 8 heteroatoms. The van der Waals surface area contributed by atoms with E-state index in [9.17, 15) is 0 Å². The lowest BCUT2D eigenvalue weighted by molar-refractivity contribution is 0.174. The Bertz CT molecular complexity index is 1030. The molecule has 2 aliphatic heterocycles. The molecule has 5 rings (SSSR count). The van der Waals surface area contributed by atoms with E-state index in [1.54, 1.807) is 0 Å². The molecule has 0 saturated carbocycles. The molecule has 1 fully saturated rings. The number of nitrogens with zero attached hydrogens (tertiary/aromatic N) is 6. The second-order valence-corrected chi connectivity index (χ2v) is 7.49. The van der Waals surface area contributed by atoms with E-state index in [1.807, 2.05) is 43.2 Å². The monoisotopic (exact) mass is 392 g/mol. The summed E-state index contributed by atoms with van der Waals surface area (Å²) in [6.45, 7) is 6.96. The summed E-state index contributed by atoms with van der Waals surface area (Å²) in [6.07, 6.45) is 3.84. The average molecular weight is 392 g/mol. The fourth-order valence-corrected chi connectivity index (χ4v) is 3.91. The Hall–Kier alpha value is -3.13. The molecule has 0 spiro atoms. The van der Waals surface area contributed by atoms with E-state index in [1.165, 1.54) is 5.56 Å². The first-order valence-corrected chi connectivity index (χ1v) is 9.85. The standard InChI is InChI=1S/C21H24N6O2/c1-15-17(13-25(2)24-15)18-5-6-22-21(23-18)27-9-7-26(8-10-27)12-16-3-4-19-20(11-16)29-14-28-19/h3-6,11,13H,7-10,12,14H2,1-2H3. The smallest absolute Gasteiger partial charge is 0.231 e. The van der Waals surface area contributed by atoms with Crippen molar-refractivity contribution < 1.29 is 9.47 Å². The third-order valence-corrected chi connectivity index (χ3v) is 5.43. The van der Waals surface area contributed by atoms with E-state index in [0.29, 0.717) is 6.79 Å². The van der Waals surface area contributed by atoms with Gasteiger partial charge in [-0.25, -0.2) is 9.97 Å². The van der Waals surface area contributed by atoms with Crippen LogP contribution in [0.25, 0.3) is 11.3 Å². The molecule has 150 valence electrons. The van der Waals surface area contributed by atoms with Crippen LogP contribution in [0.2, 0.25) is 0 Å². The second kappa shape index (κ2) is 7.36.